The molecule has 84 valence electrons. The number of nitrogens with one attached hydrogen (secondary N) is 2. The Labute approximate surface area is 92.6 Å². The fourth-order valence-corrected chi connectivity index (χ4v) is 1.65. The van der Waals surface area contributed by atoms with Crippen molar-refractivity contribution in [2.75, 3.05) is 7.05 Å². The van der Waals surface area contributed by atoms with Crippen molar-refractivity contribution in [3.63, 3.8) is 0 Å². The number of carbonyl (C=O) groups excluding carboxylic acids is 1. The highest BCUT2D eigenvalue weighted by molar-refractivity contribution is 6.06. The average Bonchev–Trinajstić information content (AvgIpc) is 2.63. The number of carbonyl (C=O) groups is 1. The van der Waals surface area contributed by atoms with Gasteiger partial charge in [0.25, 0.3) is 5.91 Å². The van der Waals surface area contributed by atoms with Crippen molar-refractivity contribution in [2.45, 2.75) is 13.0 Å². The van der Waals surface area contributed by atoms with Crippen LogP contribution < -0.4 is 10.6 Å². The fourth-order valence-electron chi connectivity index (χ4n) is 1.65. The molecule has 16 heavy (non-hydrogen) atoms. The first-order valence-corrected chi connectivity index (χ1v) is 4.92. The molecule has 1 amide bonds. The molecule has 1 fully saturated rings. The molecule has 1 aliphatic rings. The zero-order valence-corrected chi connectivity index (χ0v) is 9.04. The molecule has 2 rings (SSSR count). The molecule has 1 aromatic rings. The number of aryl methyl sites for hydroxylation is 1. The summed E-state index contributed by atoms with van der Waals surface area (Å²) < 4.78 is 13.6. The molecule has 1 aliphatic heterocycles. The molecule has 1 unspecified atom stereocenters. The van der Waals surface area contributed by atoms with E-state index in [1.807, 2.05) is 6.92 Å². The minimum atomic E-state index is -0.696. The van der Waals surface area contributed by atoms with Crippen molar-refractivity contribution >= 4 is 11.9 Å². The van der Waals surface area contributed by atoms with Crippen LogP contribution >= 0.6 is 0 Å². The van der Waals surface area contributed by atoms with Gasteiger partial charge in [-0.15, -0.1) is 0 Å². The first-order chi connectivity index (χ1) is 7.61. The molecule has 1 heterocycles. The minimum Gasteiger partial charge on any atom is -0.340 e. The van der Waals surface area contributed by atoms with Crippen LogP contribution in [-0.4, -0.2) is 18.9 Å². The van der Waals surface area contributed by atoms with Crippen LogP contribution in [0.2, 0.25) is 0 Å². The van der Waals surface area contributed by atoms with Gasteiger partial charge in [0.2, 0.25) is 0 Å². The Morgan fingerprint density at radius 2 is 2.19 bits per heavy atom. The number of rotatable bonds is 1. The van der Waals surface area contributed by atoms with Gasteiger partial charge in [-0.2, -0.15) is 0 Å². The molecule has 1 atom stereocenters. The third kappa shape index (κ3) is 1.76. The van der Waals surface area contributed by atoms with Gasteiger partial charge in [-0.25, -0.2) is 4.39 Å². The molecule has 1 aromatic carbocycles. The molecular weight excluding hydrogens is 209 g/mol. The lowest BCUT2D eigenvalue weighted by atomic mass is 10.0. The Kier molecular flexibility index (Phi) is 2.60. The van der Waals surface area contributed by atoms with Gasteiger partial charge in [0.05, 0.1) is 0 Å². The van der Waals surface area contributed by atoms with Crippen LogP contribution in [0.15, 0.2) is 23.2 Å². The largest absolute Gasteiger partial charge is 0.340 e. The summed E-state index contributed by atoms with van der Waals surface area (Å²) in [5.41, 5.74) is 1.25. The number of halogens is 1. The van der Waals surface area contributed by atoms with Gasteiger partial charge in [0.1, 0.15) is 11.9 Å². The number of hydrogen-bond acceptors (Lipinski definition) is 2. The molecule has 0 saturated carbocycles. The lowest BCUT2D eigenvalue weighted by Crippen LogP contribution is -2.24. The highest BCUT2D eigenvalue weighted by atomic mass is 19.1. The first kappa shape index (κ1) is 10.6. The van der Waals surface area contributed by atoms with Crippen LogP contribution in [0.5, 0.6) is 0 Å². The van der Waals surface area contributed by atoms with Crippen molar-refractivity contribution in [2.24, 2.45) is 4.99 Å². The van der Waals surface area contributed by atoms with Crippen molar-refractivity contribution in [3.05, 3.63) is 35.1 Å². The van der Waals surface area contributed by atoms with Crippen molar-refractivity contribution in [1.29, 1.82) is 0 Å². The van der Waals surface area contributed by atoms with Crippen molar-refractivity contribution in [1.82, 2.24) is 10.6 Å². The molecular formula is C11H12FN3O. The second-order valence-electron chi connectivity index (χ2n) is 3.66. The molecule has 0 aromatic heterocycles. The van der Waals surface area contributed by atoms with E-state index in [1.54, 1.807) is 19.2 Å². The van der Waals surface area contributed by atoms with Crippen LogP contribution in [0.25, 0.3) is 0 Å². The molecule has 0 aliphatic carbocycles. The Morgan fingerprint density at radius 3 is 2.81 bits per heavy atom. The van der Waals surface area contributed by atoms with E-state index in [1.165, 1.54) is 6.07 Å². The van der Waals surface area contributed by atoms with Gasteiger partial charge in [-0.05, 0) is 13.0 Å². The van der Waals surface area contributed by atoms with Gasteiger partial charge in [0.15, 0.2) is 5.96 Å². The van der Waals surface area contributed by atoms with Crippen molar-refractivity contribution in [3.8, 4) is 0 Å². The lowest BCUT2D eigenvalue weighted by Gasteiger charge is -2.09. The maximum atomic E-state index is 13.6. The number of benzene rings is 1. The molecule has 0 bridgehead atoms. The third-order valence-electron chi connectivity index (χ3n) is 2.47. The van der Waals surface area contributed by atoms with E-state index < -0.39 is 11.9 Å². The van der Waals surface area contributed by atoms with Gasteiger partial charge < -0.3 is 5.32 Å². The molecule has 5 heteroatoms. The lowest BCUT2D eigenvalue weighted by molar-refractivity contribution is -0.120. The van der Waals surface area contributed by atoms with Crippen LogP contribution in [0.1, 0.15) is 17.2 Å². The van der Waals surface area contributed by atoms with E-state index in [0.29, 0.717) is 11.5 Å². The number of nitrogens with zero attached hydrogens (tertiary/aromatic N) is 1. The van der Waals surface area contributed by atoms with Crippen LogP contribution in [0.4, 0.5) is 4.39 Å². The second-order valence-corrected chi connectivity index (χ2v) is 3.66. The van der Waals surface area contributed by atoms with E-state index in [-0.39, 0.29) is 5.91 Å². The Balaban J connectivity index is 2.38. The maximum absolute atomic E-state index is 13.6. The van der Waals surface area contributed by atoms with Crippen molar-refractivity contribution < 1.29 is 9.18 Å². The molecule has 0 radical (unpaired) electrons. The highest BCUT2D eigenvalue weighted by Gasteiger charge is 2.31. The van der Waals surface area contributed by atoms with Gasteiger partial charge in [-0.3, -0.25) is 15.1 Å². The minimum absolute atomic E-state index is 0.287. The van der Waals surface area contributed by atoms with E-state index in [4.69, 9.17) is 0 Å². The maximum Gasteiger partial charge on any atom is 0.254 e. The van der Waals surface area contributed by atoms with Gasteiger partial charge in [-0.1, -0.05) is 17.7 Å². The standard InChI is InChI=1S/C11H12FN3O/c1-6-3-4-8(12)7(5-6)9-10(16)15-11(13-2)14-9/h3-5,9H,1-2H3,(H2,13,14,15,16). The number of aliphatic imine (C=N–C) groups is 1. The zero-order valence-electron chi connectivity index (χ0n) is 9.04. The summed E-state index contributed by atoms with van der Waals surface area (Å²) in [6.45, 7) is 1.85. The number of amides is 1. The number of guanidine groups is 1. The molecule has 4 nitrogen and oxygen atoms in total. The van der Waals surface area contributed by atoms with Crippen LogP contribution in [0, 0.1) is 12.7 Å². The summed E-state index contributed by atoms with van der Waals surface area (Å²) >= 11 is 0. The van der Waals surface area contributed by atoms with Gasteiger partial charge >= 0.3 is 0 Å². The number of hydrogen-bond donors (Lipinski definition) is 2. The molecule has 2 N–H and O–H groups in total. The predicted octanol–water partition coefficient (Wildman–Crippen LogP) is 0.880. The van der Waals surface area contributed by atoms with Crippen LogP contribution in [-0.2, 0) is 4.79 Å². The summed E-state index contributed by atoms with van der Waals surface area (Å²) in [7, 11) is 1.55. The summed E-state index contributed by atoms with van der Waals surface area (Å²) in [4.78, 5) is 15.4. The van der Waals surface area contributed by atoms with E-state index in [9.17, 15) is 9.18 Å². The van der Waals surface area contributed by atoms with E-state index in [2.05, 4.69) is 15.6 Å². The highest BCUT2D eigenvalue weighted by Crippen LogP contribution is 2.21. The van der Waals surface area contributed by atoms with E-state index in [0.717, 1.165) is 5.56 Å². The summed E-state index contributed by atoms with van der Waals surface area (Å²) in [6, 6.07) is 3.99. The fraction of sp³-hybridized carbons (Fsp3) is 0.273. The Morgan fingerprint density at radius 1 is 1.44 bits per heavy atom. The Hall–Kier alpha value is -1.91. The molecule has 0 spiro atoms. The normalized spacial score (nSPS) is 22.1. The van der Waals surface area contributed by atoms with E-state index >= 15 is 0 Å². The predicted molar refractivity (Wildman–Crippen MR) is 58.5 cm³/mol. The quantitative estimate of drug-likeness (QED) is 0.739. The second kappa shape index (κ2) is 3.92. The smallest absolute Gasteiger partial charge is 0.254 e. The average molecular weight is 221 g/mol. The first-order valence-electron chi connectivity index (χ1n) is 4.92. The van der Waals surface area contributed by atoms with Gasteiger partial charge in [0, 0.05) is 12.6 Å². The summed E-state index contributed by atoms with van der Waals surface area (Å²) in [5, 5.41) is 5.36. The third-order valence-corrected chi connectivity index (χ3v) is 2.47. The zero-order chi connectivity index (χ0) is 11.7. The monoisotopic (exact) mass is 221 g/mol. The van der Waals surface area contributed by atoms with Crippen LogP contribution in [0.3, 0.4) is 0 Å². The topological polar surface area (TPSA) is 53.5 Å². The SMILES string of the molecule is CN=C1NC(=O)C(c2cc(C)ccc2F)N1. The summed E-state index contributed by atoms with van der Waals surface area (Å²) in [5.74, 6) is -0.309. The summed E-state index contributed by atoms with van der Waals surface area (Å²) in [6.07, 6.45) is 0. The Bertz CT molecular complexity index is 470. The molecule has 1 saturated heterocycles.